The Labute approximate surface area is 154 Å². The Morgan fingerprint density at radius 3 is 2.52 bits per heavy atom. The molecule has 1 atom stereocenters. The van der Waals surface area contributed by atoms with Gasteiger partial charge in [-0.25, -0.2) is 0 Å². The summed E-state index contributed by atoms with van der Waals surface area (Å²) < 4.78 is 0. The fraction of sp³-hybridized carbons (Fsp3) is 0.118. The summed E-state index contributed by atoms with van der Waals surface area (Å²) in [6.07, 6.45) is 0.105. The number of nitrogens with zero attached hydrogens (tertiary/aromatic N) is 2. The fourth-order valence-corrected chi connectivity index (χ4v) is 2.83. The number of hydrogen-bond donors (Lipinski definition) is 2. The van der Waals surface area contributed by atoms with Gasteiger partial charge < -0.3 is 11.1 Å². The summed E-state index contributed by atoms with van der Waals surface area (Å²) in [5.41, 5.74) is 6.69. The highest BCUT2D eigenvalue weighted by Gasteiger charge is 2.35. The monoisotopic (exact) mass is 376 g/mol. The third-order valence-electron chi connectivity index (χ3n) is 3.72. The van der Waals surface area contributed by atoms with E-state index in [2.05, 4.69) is 10.4 Å². The molecule has 3 N–H and O–H groups in total. The first-order valence-corrected chi connectivity index (χ1v) is 8.19. The number of nitrogens with one attached hydrogen (secondary N) is 1. The number of rotatable bonds is 4. The molecule has 1 aliphatic rings. The zero-order chi connectivity index (χ0) is 18.0. The lowest BCUT2D eigenvalue weighted by molar-refractivity contribution is -0.119. The van der Waals surface area contributed by atoms with Gasteiger partial charge in [-0.2, -0.15) is 5.10 Å². The van der Waals surface area contributed by atoms with Crippen LogP contribution in [0.15, 0.2) is 53.6 Å². The molecule has 2 aromatic rings. The van der Waals surface area contributed by atoms with Crippen LogP contribution in [0.5, 0.6) is 0 Å². The number of para-hydroxylation sites is 1. The minimum absolute atomic E-state index is 0.105. The Balaban J connectivity index is 1.85. The summed E-state index contributed by atoms with van der Waals surface area (Å²) in [6.45, 7) is 0. The van der Waals surface area contributed by atoms with E-state index in [1.165, 1.54) is 5.01 Å². The maximum Gasteiger partial charge on any atom is 0.272 e. The van der Waals surface area contributed by atoms with Crippen molar-refractivity contribution >= 4 is 52.1 Å². The molecule has 6 nitrogen and oxygen atoms in total. The summed E-state index contributed by atoms with van der Waals surface area (Å²) in [7, 11) is 0. The first-order chi connectivity index (χ1) is 12.0. The minimum Gasteiger partial charge on any atom is -0.368 e. The molecule has 1 aliphatic heterocycles. The number of hydrogen-bond acceptors (Lipinski definition) is 4. The lowest BCUT2D eigenvalue weighted by Gasteiger charge is -2.20. The molecule has 0 radical (unpaired) electrons. The van der Waals surface area contributed by atoms with E-state index >= 15 is 0 Å². The zero-order valence-corrected chi connectivity index (χ0v) is 14.5. The van der Waals surface area contributed by atoms with Gasteiger partial charge in [-0.05, 0) is 24.3 Å². The fourth-order valence-electron chi connectivity index (χ4n) is 2.48. The third kappa shape index (κ3) is 3.60. The van der Waals surface area contributed by atoms with Crippen LogP contribution in [-0.4, -0.2) is 23.6 Å². The molecule has 0 aliphatic carbocycles. The van der Waals surface area contributed by atoms with E-state index in [0.717, 1.165) is 0 Å². The molecule has 8 heteroatoms. The molecule has 1 unspecified atom stereocenters. The molecule has 0 saturated carbocycles. The van der Waals surface area contributed by atoms with Crippen LogP contribution in [0.25, 0.3) is 0 Å². The number of primary amides is 1. The van der Waals surface area contributed by atoms with Crippen molar-refractivity contribution in [3.8, 4) is 0 Å². The standard InChI is InChI=1S/C17H14Cl2N4O2/c18-11-7-4-8-12(15(11)19)21-17(25)13-9-14(16(20)24)23(22-13)10-5-2-1-3-6-10/h1-8,14H,9H2,(H2,20,24)(H,21,25). The van der Waals surface area contributed by atoms with Gasteiger partial charge in [-0.1, -0.05) is 47.5 Å². The second-order valence-electron chi connectivity index (χ2n) is 5.40. The van der Waals surface area contributed by atoms with Gasteiger partial charge in [-0.15, -0.1) is 0 Å². The van der Waals surface area contributed by atoms with Crippen molar-refractivity contribution < 1.29 is 9.59 Å². The first kappa shape index (κ1) is 17.3. The normalized spacial score (nSPS) is 16.5. The van der Waals surface area contributed by atoms with Crippen molar-refractivity contribution in [3.63, 3.8) is 0 Å². The average Bonchev–Trinajstić information content (AvgIpc) is 3.05. The molecular weight excluding hydrogens is 363 g/mol. The van der Waals surface area contributed by atoms with E-state index in [9.17, 15) is 9.59 Å². The van der Waals surface area contributed by atoms with E-state index in [1.54, 1.807) is 30.3 Å². The molecule has 2 amide bonds. The molecular formula is C17H14Cl2N4O2. The number of hydrazone groups is 1. The summed E-state index contributed by atoms with van der Waals surface area (Å²) >= 11 is 12.0. The SMILES string of the molecule is NC(=O)C1CC(C(=O)Nc2cccc(Cl)c2Cl)=NN1c1ccccc1. The lowest BCUT2D eigenvalue weighted by Crippen LogP contribution is -2.39. The average molecular weight is 377 g/mol. The van der Waals surface area contributed by atoms with Crippen LogP contribution in [0, 0.1) is 0 Å². The van der Waals surface area contributed by atoms with Crippen LogP contribution in [0.1, 0.15) is 6.42 Å². The van der Waals surface area contributed by atoms with Gasteiger partial charge >= 0.3 is 0 Å². The summed E-state index contributed by atoms with van der Waals surface area (Å²) in [6, 6.07) is 13.2. The van der Waals surface area contributed by atoms with E-state index < -0.39 is 17.9 Å². The molecule has 2 aromatic carbocycles. The van der Waals surface area contributed by atoms with E-state index in [1.807, 2.05) is 18.2 Å². The molecule has 0 fully saturated rings. The van der Waals surface area contributed by atoms with Gasteiger partial charge in [-0.3, -0.25) is 14.6 Å². The number of benzene rings is 2. The minimum atomic E-state index is -0.724. The molecule has 0 spiro atoms. The van der Waals surface area contributed by atoms with Gasteiger partial charge in [0.1, 0.15) is 11.8 Å². The predicted octanol–water partition coefficient (Wildman–Crippen LogP) is 3.05. The molecule has 0 aromatic heterocycles. The topological polar surface area (TPSA) is 87.8 Å². The molecule has 25 heavy (non-hydrogen) atoms. The quantitative estimate of drug-likeness (QED) is 0.859. The van der Waals surface area contributed by atoms with Crippen LogP contribution in [0.3, 0.4) is 0 Å². The molecule has 0 bridgehead atoms. The van der Waals surface area contributed by atoms with Crippen LogP contribution in [0.4, 0.5) is 11.4 Å². The molecule has 1 heterocycles. The van der Waals surface area contributed by atoms with Crippen molar-refractivity contribution in [2.75, 3.05) is 10.3 Å². The number of carbonyl (C=O) groups is 2. The van der Waals surface area contributed by atoms with E-state index in [0.29, 0.717) is 16.4 Å². The molecule has 0 saturated heterocycles. The van der Waals surface area contributed by atoms with Gasteiger partial charge in [0.2, 0.25) is 5.91 Å². The highest BCUT2D eigenvalue weighted by Crippen LogP contribution is 2.30. The second-order valence-corrected chi connectivity index (χ2v) is 6.19. The Morgan fingerprint density at radius 1 is 1.12 bits per heavy atom. The number of nitrogens with two attached hydrogens (primary N) is 1. The Bertz CT molecular complexity index is 855. The summed E-state index contributed by atoms with van der Waals surface area (Å²) in [5, 5.41) is 8.95. The summed E-state index contributed by atoms with van der Waals surface area (Å²) in [4.78, 5) is 24.2. The van der Waals surface area contributed by atoms with E-state index in [4.69, 9.17) is 28.9 Å². The van der Waals surface area contributed by atoms with Crippen molar-refractivity contribution in [3.05, 3.63) is 58.6 Å². The molecule has 128 valence electrons. The Morgan fingerprint density at radius 2 is 1.84 bits per heavy atom. The smallest absolute Gasteiger partial charge is 0.272 e. The Kier molecular flexibility index (Phi) is 4.92. The second kappa shape index (κ2) is 7.13. The van der Waals surface area contributed by atoms with Gasteiger partial charge in [0.25, 0.3) is 5.91 Å². The number of amides is 2. The highest BCUT2D eigenvalue weighted by molar-refractivity contribution is 6.47. The van der Waals surface area contributed by atoms with Crippen molar-refractivity contribution in [2.45, 2.75) is 12.5 Å². The van der Waals surface area contributed by atoms with Crippen molar-refractivity contribution in [1.82, 2.24) is 0 Å². The zero-order valence-electron chi connectivity index (χ0n) is 12.9. The van der Waals surface area contributed by atoms with Gasteiger partial charge in [0, 0.05) is 6.42 Å². The third-order valence-corrected chi connectivity index (χ3v) is 4.54. The van der Waals surface area contributed by atoms with Gasteiger partial charge in [0.05, 0.1) is 21.4 Å². The largest absolute Gasteiger partial charge is 0.368 e. The van der Waals surface area contributed by atoms with Crippen LogP contribution in [-0.2, 0) is 9.59 Å². The maximum absolute atomic E-state index is 12.5. The van der Waals surface area contributed by atoms with Gasteiger partial charge in [0.15, 0.2) is 0 Å². The molecule has 3 rings (SSSR count). The van der Waals surface area contributed by atoms with Crippen molar-refractivity contribution in [2.24, 2.45) is 10.8 Å². The first-order valence-electron chi connectivity index (χ1n) is 7.44. The van der Waals surface area contributed by atoms with Crippen molar-refractivity contribution in [1.29, 1.82) is 0 Å². The number of halogens is 2. The number of carbonyl (C=O) groups excluding carboxylic acids is 2. The van der Waals surface area contributed by atoms with Crippen LogP contribution >= 0.6 is 23.2 Å². The van der Waals surface area contributed by atoms with Crippen LogP contribution < -0.4 is 16.1 Å². The predicted molar refractivity (Wildman–Crippen MR) is 99.0 cm³/mol. The van der Waals surface area contributed by atoms with E-state index in [-0.39, 0.29) is 17.2 Å². The lowest BCUT2D eigenvalue weighted by atomic mass is 10.1. The summed E-state index contributed by atoms with van der Waals surface area (Å²) in [5.74, 6) is -1.02. The highest BCUT2D eigenvalue weighted by atomic mass is 35.5. The van der Waals surface area contributed by atoms with Crippen LogP contribution in [0.2, 0.25) is 10.0 Å². The Hall–Kier alpha value is -2.57. The number of anilines is 2. The maximum atomic E-state index is 12.5.